The first-order valence-electron chi connectivity index (χ1n) is 6.74. The Balaban J connectivity index is 2.15. The summed E-state index contributed by atoms with van der Waals surface area (Å²) in [5.41, 5.74) is -0.595. The molecule has 1 aromatic carbocycles. The van der Waals surface area contributed by atoms with E-state index in [2.05, 4.69) is 5.32 Å². The predicted molar refractivity (Wildman–Crippen MR) is 71.9 cm³/mol. The van der Waals surface area contributed by atoms with E-state index in [0.29, 0.717) is 5.92 Å². The first kappa shape index (κ1) is 14.4. The lowest BCUT2D eigenvalue weighted by molar-refractivity contribution is -0.385. The van der Waals surface area contributed by atoms with Crippen LogP contribution in [0.15, 0.2) is 18.2 Å². The minimum absolute atomic E-state index is 0.0622. The molecule has 0 bridgehead atoms. The van der Waals surface area contributed by atoms with Crippen molar-refractivity contribution in [3.05, 3.63) is 39.7 Å². The Bertz CT molecular complexity index is 527. The summed E-state index contributed by atoms with van der Waals surface area (Å²) in [4.78, 5) is 22.3. The summed E-state index contributed by atoms with van der Waals surface area (Å²) < 4.78 is 13.2. The highest BCUT2D eigenvalue weighted by Crippen LogP contribution is 2.28. The van der Waals surface area contributed by atoms with Crippen LogP contribution in [-0.4, -0.2) is 16.9 Å². The minimum Gasteiger partial charge on any atom is -0.349 e. The second-order valence-corrected chi connectivity index (χ2v) is 5.23. The largest absolute Gasteiger partial charge is 0.349 e. The Hall–Kier alpha value is -1.98. The fourth-order valence-corrected chi connectivity index (χ4v) is 2.71. The van der Waals surface area contributed by atoms with E-state index in [4.69, 9.17) is 0 Å². The Kier molecular flexibility index (Phi) is 4.32. The number of rotatable bonds is 4. The van der Waals surface area contributed by atoms with Gasteiger partial charge in [-0.15, -0.1) is 0 Å². The van der Waals surface area contributed by atoms with Gasteiger partial charge in [0.25, 0.3) is 11.6 Å². The lowest BCUT2D eigenvalue weighted by atomic mass is 9.99. The number of hydrogen-bond acceptors (Lipinski definition) is 3. The van der Waals surface area contributed by atoms with Gasteiger partial charge in [0.05, 0.1) is 4.92 Å². The maximum atomic E-state index is 13.2. The standard InChI is InChI=1S/C14H17FN2O3/c1-9(10-4-2-3-5-10)16-14(18)12-8-11(15)6-7-13(12)17(19)20/h6-10H,2-5H2,1H3,(H,16,18). The van der Waals surface area contributed by atoms with Crippen LogP contribution in [0.4, 0.5) is 10.1 Å². The molecule has 5 nitrogen and oxygen atoms in total. The molecule has 0 spiro atoms. The molecule has 0 aromatic heterocycles. The molecular weight excluding hydrogens is 263 g/mol. The SMILES string of the molecule is CC(NC(=O)c1cc(F)ccc1[N+](=O)[O-])C1CCCC1. The molecule has 1 aliphatic rings. The van der Waals surface area contributed by atoms with E-state index in [1.54, 1.807) is 0 Å². The van der Waals surface area contributed by atoms with Crippen LogP contribution in [-0.2, 0) is 0 Å². The molecule has 108 valence electrons. The van der Waals surface area contributed by atoms with Crippen LogP contribution in [0.25, 0.3) is 0 Å². The first-order chi connectivity index (χ1) is 9.49. The maximum absolute atomic E-state index is 13.2. The van der Waals surface area contributed by atoms with Gasteiger partial charge in [-0.05, 0) is 37.8 Å². The second kappa shape index (κ2) is 5.98. The highest BCUT2D eigenvalue weighted by atomic mass is 19.1. The molecule has 1 unspecified atom stereocenters. The van der Waals surface area contributed by atoms with Gasteiger partial charge in [0.15, 0.2) is 0 Å². The summed E-state index contributed by atoms with van der Waals surface area (Å²) >= 11 is 0. The molecule has 1 fully saturated rings. The van der Waals surface area contributed by atoms with Gasteiger partial charge in [-0.25, -0.2) is 4.39 Å². The molecule has 1 aliphatic carbocycles. The average Bonchev–Trinajstić information content (AvgIpc) is 2.92. The summed E-state index contributed by atoms with van der Waals surface area (Å²) in [6, 6.07) is 2.85. The number of nitrogens with one attached hydrogen (secondary N) is 1. The van der Waals surface area contributed by atoms with Crippen LogP contribution in [0, 0.1) is 21.8 Å². The quantitative estimate of drug-likeness (QED) is 0.680. The Morgan fingerprint density at radius 1 is 1.45 bits per heavy atom. The number of carbonyl (C=O) groups is 1. The van der Waals surface area contributed by atoms with E-state index >= 15 is 0 Å². The smallest absolute Gasteiger partial charge is 0.282 e. The normalized spacial score (nSPS) is 16.9. The van der Waals surface area contributed by atoms with Gasteiger partial charge in [-0.2, -0.15) is 0 Å². The number of nitrogens with zero attached hydrogens (tertiary/aromatic N) is 1. The molecule has 0 saturated heterocycles. The Morgan fingerprint density at radius 3 is 2.70 bits per heavy atom. The third kappa shape index (κ3) is 3.12. The number of nitro groups is 1. The van der Waals surface area contributed by atoms with Gasteiger partial charge in [0.1, 0.15) is 11.4 Å². The maximum Gasteiger partial charge on any atom is 0.282 e. The van der Waals surface area contributed by atoms with E-state index in [0.717, 1.165) is 43.9 Å². The summed E-state index contributed by atoms with van der Waals surface area (Å²) in [6.07, 6.45) is 4.38. The van der Waals surface area contributed by atoms with Crippen molar-refractivity contribution in [3.8, 4) is 0 Å². The Labute approximate surface area is 116 Å². The molecule has 20 heavy (non-hydrogen) atoms. The van der Waals surface area contributed by atoms with Crippen LogP contribution in [0.5, 0.6) is 0 Å². The van der Waals surface area contributed by atoms with Crippen molar-refractivity contribution in [2.75, 3.05) is 0 Å². The van der Waals surface area contributed by atoms with Gasteiger partial charge in [-0.3, -0.25) is 14.9 Å². The summed E-state index contributed by atoms with van der Waals surface area (Å²) in [5, 5.41) is 13.6. The van der Waals surface area contributed by atoms with Crippen molar-refractivity contribution in [3.63, 3.8) is 0 Å². The number of benzene rings is 1. The lowest BCUT2D eigenvalue weighted by Gasteiger charge is -2.20. The van der Waals surface area contributed by atoms with Crippen LogP contribution in [0.3, 0.4) is 0 Å². The molecule has 1 aromatic rings. The molecule has 2 rings (SSSR count). The minimum atomic E-state index is -0.672. The molecule has 1 saturated carbocycles. The van der Waals surface area contributed by atoms with Crippen molar-refractivity contribution < 1.29 is 14.1 Å². The first-order valence-corrected chi connectivity index (χ1v) is 6.74. The van der Waals surface area contributed by atoms with Gasteiger partial charge >= 0.3 is 0 Å². The summed E-state index contributed by atoms with van der Waals surface area (Å²) in [6.45, 7) is 1.89. The van der Waals surface area contributed by atoms with Crippen LogP contribution >= 0.6 is 0 Å². The highest BCUT2D eigenvalue weighted by Gasteiger charge is 2.26. The number of hydrogen-bond donors (Lipinski definition) is 1. The van der Waals surface area contributed by atoms with E-state index < -0.39 is 16.6 Å². The van der Waals surface area contributed by atoms with Crippen molar-refractivity contribution in [1.29, 1.82) is 0 Å². The van der Waals surface area contributed by atoms with Crippen LogP contribution in [0.2, 0.25) is 0 Å². The summed E-state index contributed by atoms with van der Waals surface area (Å²) in [5.74, 6) is -0.851. The molecule has 1 atom stereocenters. The highest BCUT2D eigenvalue weighted by molar-refractivity contribution is 5.98. The molecule has 6 heteroatoms. The fourth-order valence-electron chi connectivity index (χ4n) is 2.71. The predicted octanol–water partition coefficient (Wildman–Crippen LogP) is 3.04. The number of nitro benzene ring substituents is 1. The topological polar surface area (TPSA) is 72.2 Å². The number of carbonyl (C=O) groups excluding carboxylic acids is 1. The van der Waals surface area contributed by atoms with Gasteiger partial charge in [0, 0.05) is 12.1 Å². The number of halogens is 1. The monoisotopic (exact) mass is 280 g/mol. The van der Waals surface area contributed by atoms with E-state index in [1.165, 1.54) is 0 Å². The third-order valence-corrected chi connectivity index (χ3v) is 3.87. The average molecular weight is 280 g/mol. The second-order valence-electron chi connectivity index (χ2n) is 5.23. The van der Waals surface area contributed by atoms with Gasteiger partial charge in [-0.1, -0.05) is 12.8 Å². The van der Waals surface area contributed by atoms with E-state index in [9.17, 15) is 19.3 Å². The van der Waals surface area contributed by atoms with E-state index in [-0.39, 0.29) is 17.3 Å². The van der Waals surface area contributed by atoms with Crippen molar-refractivity contribution >= 4 is 11.6 Å². The summed E-state index contributed by atoms with van der Waals surface area (Å²) in [7, 11) is 0. The Morgan fingerprint density at radius 2 is 2.10 bits per heavy atom. The zero-order valence-electron chi connectivity index (χ0n) is 11.3. The van der Waals surface area contributed by atoms with Crippen molar-refractivity contribution in [2.24, 2.45) is 5.92 Å². The molecule has 0 radical (unpaired) electrons. The van der Waals surface area contributed by atoms with Crippen LogP contribution < -0.4 is 5.32 Å². The zero-order chi connectivity index (χ0) is 14.7. The van der Waals surface area contributed by atoms with Gasteiger partial charge < -0.3 is 5.32 Å². The van der Waals surface area contributed by atoms with Gasteiger partial charge in [0.2, 0.25) is 0 Å². The molecular formula is C14H17FN2O3. The molecule has 0 aliphatic heterocycles. The lowest BCUT2D eigenvalue weighted by Crippen LogP contribution is -2.37. The molecule has 1 amide bonds. The van der Waals surface area contributed by atoms with Crippen molar-refractivity contribution in [1.82, 2.24) is 5.32 Å². The number of amides is 1. The third-order valence-electron chi connectivity index (χ3n) is 3.87. The van der Waals surface area contributed by atoms with Crippen molar-refractivity contribution in [2.45, 2.75) is 38.6 Å². The van der Waals surface area contributed by atoms with E-state index in [1.807, 2.05) is 6.92 Å². The van der Waals surface area contributed by atoms with Crippen LogP contribution in [0.1, 0.15) is 43.0 Å². The zero-order valence-corrected chi connectivity index (χ0v) is 11.3. The molecule has 1 N–H and O–H groups in total. The molecule has 0 heterocycles. The fraction of sp³-hybridized carbons (Fsp3) is 0.500.